The zero-order valence-electron chi connectivity index (χ0n) is 17.2. The summed E-state index contributed by atoms with van der Waals surface area (Å²) in [7, 11) is 0. The van der Waals surface area contributed by atoms with E-state index in [2.05, 4.69) is 15.3 Å². The number of rotatable bonds is 7. The van der Waals surface area contributed by atoms with Crippen LogP contribution in [0.5, 0.6) is 0 Å². The molecule has 0 radical (unpaired) electrons. The summed E-state index contributed by atoms with van der Waals surface area (Å²) in [4.78, 5) is 25.9. The van der Waals surface area contributed by atoms with Crippen molar-refractivity contribution in [1.82, 2.24) is 15.1 Å². The van der Waals surface area contributed by atoms with Gasteiger partial charge in [0.1, 0.15) is 0 Å². The van der Waals surface area contributed by atoms with E-state index in [4.69, 9.17) is 0 Å². The fourth-order valence-electron chi connectivity index (χ4n) is 3.85. The first-order valence-electron chi connectivity index (χ1n) is 10.5. The number of hydrogen-bond acceptors (Lipinski definition) is 5. The van der Waals surface area contributed by atoms with Gasteiger partial charge in [-0.05, 0) is 42.5 Å². The van der Waals surface area contributed by atoms with Crippen LogP contribution in [-0.4, -0.2) is 33.7 Å². The molecule has 0 spiro atoms. The molecular weight excluding hydrogens is 394 g/mol. The van der Waals surface area contributed by atoms with E-state index in [1.54, 1.807) is 12.3 Å². The predicted molar refractivity (Wildman–Crippen MR) is 118 cm³/mol. The molecule has 1 fully saturated rings. The Balaban J connectivity index is 1.45. The minimum Gasteiger partial charge on any atom is -0.371 e. The summed E-state index contributed by atoms with van der Waals surface area (Å²) >= 11 is 0. The van der Waals surface area contributed by atoms with Gasteiger partial charge in [-0.3, -0.25) is 19.6 Å². The van der Waals surface area contributed by atoms with E-state index in [0.717, 1.165) is 42.7 Å². The molecule has 31 heavy (non-hydrogen) atoms. The van der Waals surface area contributed by atoms with Gasteiger partial charge in [-0.25, -0.2) is 0 Å². The number of benzene rings is 2. The minimum absolute atomic E-state index is 0.0751. The molecule has 1 N–H and O–H groups in total. The second kappa shape index (κ2) is 9.42. The summed E-state index contributed by atoms with van der Waals surface area (Å²) in [6.07, 6.45) is 6.94. The fraction of sp³-hybridized carbons (Fsp3) is 0.304. The van der Waals surface area contributed by atoms with Crippen molar-refractivity contribution in [2.24, 2.45) is 0 Å². The number of non-ortho nitro benzene ring substituents is 1. The highest BCUT2D eigenvalue weighted by atomic mass is 16.6. The number of nitrogens with one attached hydrogen (secondary N) is 1. The van der Waals surface area contributed by atoms with Gasteiger partial charge in [-0.1, -0.05) is 24.3 Å². The Hall–Kier alpha value is -3.68. The number of aromatic nitrogens is 2. The zero-order chi connectivity index (χ0) is 21.6. The number of amides is 1. The van der Waals surface area contributed by atoms with Gasteiger partial charge in [0.2, 0.25) is 0 Å². The van der Waals surface area contributed by atoms with Gasteiger partial charge in [0.25, 0.3) is 11.6 Å². The maximum Gasteiger partial charge on any atom is 0.270 e. The molecule has 1 saturated heterocycles. The lowest BCUT2D eigenvalue weighted by atomic mass is 10.1. The van der Waals surface area contributed by atoms with Crippen LogP contribution in [0.15, 0.2) is 60.9 Å². The molecule has 1 amide bonds. The normalized spacial score (nSPS) is 13.7. The summed E-state index contributed by atoms with van der Waals surface area (Å²) < 4.78 is 1.85. The Bertz CT molecular complexity index is 1040. The van der Waals surface area contributed by atoms with Crippen LogP contribution >= 0.6 is 0 Å². The van der Waals surface area contributed by atoms with Gasteiger partial charge in [0.15, 0.2) is 0 Å². The Morgan fingerprint density at radius 1 is 1.06 bits per heavy atom. The lowest BCUT2D eigenvalue weighted by molar-refractivity contribution is -0.384. The van der Waals surface area contributed by atoms with Crippen LogP contribution in [0.2, 0.25) is 0 Å². The number of anilines is 1. The van der Waals surface area contributed by atoms with Crippen LogP contribution < -0.4 is 10.2 Å². The van der Waals surface area contributed by atoms with Crippen LogP contribution in [0.3, 0.4) is 0 Å². The number of carbonyl (C=O) groups is 1. The molecule has 1 aliphatic heterocycles. The number of nitro groups is 1. The van der Waals surface area contributed by atoms with Crippen molar-refractivity contribution in [3.05, 3.63) is 87.7 Å². The summed E-state index contributed by atoms with van der Waals surface area (Å²) in [6.45, 7) is 2.75. The van der Waals surface area contributed by atoms with E-state index in [1.807, 2.05) is 41.2 Å². The third-order valence-electron chi connectivity index (χ3n) is 5.51. The Labute approximate surface area is 180 Å². The van der Waals surface area contributed by atoms with Gasteiger partial charge < -0.3 is 10.2 Å². The molecule has 1 aliphatic rings. The zero-order valence-corrected chi connectivity index (χ0v) is 17.2. The first kappa shape index (κ1) is 20.6. The van der Waals surface area contributed by atoms with Crippen LogP contribution in [-0.2, 0) is 13.1 Å². The maximum atomic E-state index is 13.0. The van der Waals surface area contributed by atoms with E-state index in [9.17, 15) is 14.9 Å². The van der Waals surface area contributed by atoms with E-state index in [-0.39, 0.29) is 11.6 Å². The Morgan fingerprint density at radius 3 is 2.48 bits per heavy atom. The Kier molecular flexibility index (Phi) is 6.26. The largest absolute Gasteiger partial charge is 0.371 e. The van der Waals surface area contributed by atoms with Gasteiger partial charge in [-0.15, -0.1) is 0 Å². The van der Waals surface area contributed by atoms with Crippen molar-refractivity contribution in [2.75, 3.05) is 18.0 Å². The van der Waals surface area contributed by atoms with Gasteiger partial charge in [0, 0.05) is 44.2 Å². The van der Waals surface area contributed by atoms with Crippen LogP contribution in [0, 0.1) is 10.1 Å². The summed E-state index contributed by atoms with van der Waals surface area (Å²) in [5.74, 6) is -0.301. The lowest BCUT2D eigenvalue weighted by Gasteiger charge is -2.30. The SMILES string of the molecule is O=C(NCc1ccc(Cn2cccn2)cc1)c1cc([N+](=O)[O-])ccc1N1CCCCC1. The van der Waals surface area contributed by atoms with Crippen LogP contribution in [0.25, 0.3) is 0 Å². The minimum atomic E-state index is -0.463. The van der Waals surface area contributed by atoms with Crippen molar-refractivity contribution in [2.45, 2.75) is 32.4 Å². The molecule has 2 heterocycles. The summed E-state index contributed by atoms with van der Waals surface area (Å²) in [6, 6.07) is 14.4. The quantitative estimate of drug-likeness (QED) is 0.465. The molecule has 0 atom stereocenters. The number of nitro benzene ring substituents is 1. The van der Waals surface area contributed by atoms with Crippen LogP contribution in [0.4, 0.5) is 11.4 Å². The number of hydrogen-bond donors (Lipinski definition) is 1. The standard InChI is InChI=1S/C23H25N5O3/c29-23(24-16-18-5-7-19(8-6-18)17-27-14-4-11-25-27)21-15-20(28(30)31)9-10-22(21)26-12-2-1-3-13-26/h4-11,14-15H,1-3,12-13,16-17H2,(H,24,29). The molecule has 2 aromatic carbocycles. The fourth-order valence-corrected chi connectivity index (χ4v) is 3.85. The summed E-state index contributed by atoms with van der Waals surface area (Å²) in [5.41, 5.74) is 3.12. The van der Waals surface area contributed by atoms with E-state index in [0.29, 0.717) is 18.7 Å². The van der Waals surface area contributed by atoms with Crippen LogP contribution in [0.1, 0.15) is 40.7 Å². The van der Waals surface area contributed by atoms with Crippen molar-refractivity contribution in [3.63, 3.8) is 0 Å². The van der Waals surface area contributed by atoms with Crippen molar-refractivity contribution in [3.8, 4) is 0 Å². The number of piperidine rings is 1. The highest BCUT2D eigenvalue weighted by molar-refractivity contribution is 6.00. The second-order valence-electron chi connectivity index (χ2n) is 7.71. The highest BCUT2D eigenvalue weighted by Crippen LogP contribution is 2.28. The molecule has 8 nitrogen and oxygen atoms in total. The molecule has 0 saturated carbocycles. The van der Waals surface area contributed by atoms with E-state index in [1.165, 1.54) is 18.6 Å². The smallest absolute Gasteiger partial charge is 0.270 e. The first-order valence-corrected chi connectivity index (χ1v) is 10.5. The monoisotopic (exact) mass is 419 g/mol. The second-order valence-corrected chi connectivity index (χ2v) is 7.71. The molecule has 3 aromatic rings. The molecular formula is C23H25N5O3. The number of nitrogens with zero attached hydrogens (tertiary/aromatic N) is 4. The third-order valence-corrected chi connectivity index (χ3v) is 5.51. The molecule has 4 rings (SSSR count). The van der Waals surface area contributed by atoms with Gasteiger partial charge >= 0.3 is 0 Å². The average molecular weight is 419 g/mol. The highest BCUT2D eigenvalue weighted by Gasteiger charge is 2.21. The lowest BCUT2D eigenvalue weighted by Crippen LogP contribution is -2.32. The maximum absolute atomic E-state index is 13.0. The summed E-state index contributed by atoms with van der Waals surface area (Å²) in [5, 5.41) is 18.4. The third kappa shape index (κ3) is 5.09. The van der Waals surface area contributed by atoms with E-state index < -0.39 is 4.92 Å². The number of carbonyl (C=O) groups excluding carboxylic acids is 1. The Morgan fingerprint density at radius 2 is 1.81 bits per heavy atom. The first-order chi connectivity index (χ1) is 15.1. The molecule has 1 aromatic heterocycles. The van der Waals surface area contributed by atoms with Crippen molar-refractivity contribution >= 4 is 17.3 Å². The predicted octanol–water partition coefficient (Wildman–Crippen LogP) is 3.76. The average Bonchev–Trinajstić information content (AvgIpc) is 3.31. The van der Waals surface area contributed by atoms with Crippen molar-refractivity contribution < 1.29 is 9.72 Å². The van der Waals surface area contributed by atoms with Gasteiger partial charge in [-0.2, -0.15) is 5.10 Å². The molecule has 0 bridgehead atoms. The molecule has 8 heteroatoms. The molecule has 0 aliphatic carbocycles. The van der Waals surface area contributed by atoms with Crippen molar-refractivity contribution in [1.29, 1.82) is 0 Å². The molecule has 160 valence electrons. The van der Waals surface area contributed by atoms with E-state index >= 15 is 0 Å². The topological polar surface area (TPSA) is 93.3 Å². The van der Waals surface area contributed by atoms with Gasteiger partial charge in [0.05, 0.1) is 22.7 Å². The molecule has 0 unspecified atom stereocenters.